The summed E-state index contributed by atoms with van der Waals surface area (Å²) in [6.45, 7) is 4.11. The van der Waals surface area contributed by atoms with Crippen LogP contribution in [0.15, 0.2) is 18.2 Å². The number of ether oxygens (including phenoxy) is 3. The minimum absolute atomic E-state index is 0.0658. The monoisotopic (exact) mass is 268 g/mol. The third-order valence-corrected chi connectivity index (χ3v) is 2.38. The summed E-state index contributed by atoms with van der Waals surface area (Å²) in [6.07, 6.45) is 0.0892. The van der Waals surface area contributed by atoms with Crippen LogP contribution in [0.3, 0.4) is 0 Å². The van der Waals surface area contributed by atoms with Crippen LogP contribution in [-0.4, -0.2) is 43.9 Å². The highest BCUT2D eigenvalue weighted by atomic mass is 16.5. The molecule has 1 unspecified atom stereocenters. The largest absolute Gasteiger partial charge is 0.493 e. The molecule has 0 bridgehead atoms. The number of hydrogen-bond acceptors (Lipinski definition) is 5. The number of rotatable bonds is 8. The molecule has 0 radical (unpaired) electrons. The summed E-state index contributed by atoms with van der Waals surface area (Å²) in [4.78, 5) is 10.6. The van der Waals surface area contributed by atoms with Gasteiger partial charge in [0, 0.05) is 5.56 Å². The minimum atomic E-state index is -0.710. The molecule has 5 heteroatoms. The van der Waals surface area contributed by atoms with Crippen molar-refractivity contribution in [2.45, 2.75) is 26.1 Å². The summed E-state index contributed by atoms with van der Waals surface area (Å²) in [5, 5.41) is 9.68. The van der Waals surface area contributed by atoms with Crippen molar-refractivity contribution in [3.63, 3.8) is 0 Å². The molecule has 0 saturated heterocycles. The molecule has 0 aliphatic heterocycles. The van der Waals surface area contributed by atoms with Gasteiger partial charge in [0.15, 0.2) is 11.5 Å². The molecule has 1 rings (SSSR count). The Balaban J connectivity index is 2.54. The highest BCUT2D eigenvalue weighted by Gasteiger charge is 2.10. The normalized spacial score (nSPS) is 12.3. The first-order chi connectivity index (χ1) is 9.06. The Kier molecular flexibility index (Phi) is 6.32. The predicted molar refractivity (Wildman–Crippen MR) is 71.0 cm³/mol. The molecule has 0 saturated carbocycles. The van der Waals surface area contributed by atoms with E-state index >= 15 is 0 Å². The lowest BCUT2D eigenvalue weighted by atomic mass is 10.2. The zero-order chi connectivity index (χ0) is 14.3. The average Bonchev–Trinajstić information content (AvgIpc) is 2.42. The number of aliphatic hydroxyl groups excluding tert-OH is 1. The number of aliphatic hydroxyl groups is 1. The van der Waals surface area contributed by atoms with Crippen molar-refractivity contribution in [3.8, 4) is 11.5 Å². The fraction of sp³-hybridized carbons (Fsp3) is 0.500. The molecule has 1 aromatic rings. The highest BCUT2D eigenvalue weighted by molar-refractivity contribution is 5.76. The number of aldehydes is 1. The zero-order valence-electron chi connectivity index (χ0n) is 11.5. The van der Waals surface area contributed by atoms with Crippen LogP contribution in [0.4, 0.5) is 0 Å². The van der Waals surface area contributed by atoms with Gasteiger partial charge in [-0.25, -0.2) is 0 Å². The van der Waals surface area contributed by atoms with Crippen molar-refractivity contribution >= 4 is 6.29 Å². The first kappa shape index (κ1) is 15.5. The molecule has 0 spiro atoms. The maximum absolute atomic E-state index is 10.6. The van der Waals surface area contributed by atoms with E-state index in [1.807, 2.05) is 13.8 Å². The Labute approximate surface area is 113 Å². The summed E-state index contributed by atoms with van der Waals surface area (Å²) < 4.78 is 15.8. The van der Waals surface area contributed by atoms with Gasteiger partial charge in [-0.05, 0) is 32.0 Å². The SMILES string of the molecule is COc1cc(C=O)ccc1OCC(O)COC(C)C. The van der Waals surface area contributed by atoms with E-state index in [0.717, 1.165) is 6.29 Å². The van der Waals surface area contributed by atoms with Crippen molar-refractivity contribution in [2.24, 2.45) is 0 Å². The molecule has 1 atom stereocenters. The third kappa shape index (κ3) is 5.28. The van der Waals surface area contributed by atoms with Crippen LogP contribution in [-0.2, 0) is 4.74 Å². The van der Waals surface area contributed by atoms with Gasteiger partial charge in [-0.1, -0.05) is 0 Å². The van der Waals surface area contributed by atoms with Crippen molar-refractivity contribution in [2.75, 3.05) is 20.3 Å². The first-order valence-corrected chi connectivity index (χ1v) is 6.12. The molecule has 0 amide bonds. The molecule has 106 valence electrons. The third-order valence-electron chi connectivity index (χ3n) is 2.38. The Morgan fingerprint density at radius 2 is 2.00 bits per heavy atom. The number of benzene rings is 1. The van der Waals surface area contributed by atoms with Gasteiger partial charge in [-0.2, -0.15) is 0 Å². The molecule has 1 aromatic carbocycles. The van der Waals surface area contributed by atoms with E-state index in [1.165, 1.54) is 7.11 Å². The van der Waals surface area contributed by atoms with Crippen molar-refractivity contribution < 1.29 is 24.1 Å². The number of hydrogen-bond donors (Lipinski definition) is 1. The fourth-order valence-corrected chi connectivity index (χ4v) is 1.41. The first-order valence-electron chi connectivity index (χ1n) is 6.12. The summed E-state index contributed by atoms with van der Waals surface area (Å²) in [5.74, 6) is 0.943. The molecule has 0 fully saturated rings. The number of carbonyl (C=O) groups excluding carboxylic acids is 1. The molecular weight excluding hydrogens is 248 g/mol. The van der Waals surface area contributed by atoms with Gasteiger partial charge in [0.05, 0.1) is 19.8 Å². The maximum atomic E-state index is 10.6. The van der Waals surface area contributed by atoms with E-state index in [0.29, 0.717) is 17.1 Å². The van der Waals surface area contributed by atoms with Gasteiger partial charge < -0.3 is 19.3 Å². The van der Waals surface area contributed by atoms with Gasteiger partial charge in [-0.15, -0.1) is 0 Å². The van der Waals surface area contributed by atoms with Gasteiger partial charge in [-0.3, -0.25) is 4.79 Å². The van der Waals surface area contributed by atoms with E-state index in [2.05, 4.69) is 0 Å². The Bertz CT molecular complexity index is 403. The van der Waals surface area contributed by atoms with Gasteiger partial charge in [0.2, 0.25) is 0 Å². The second-order valence-corrected chi connectivity index (χ2v) is 4.38. The second kappa shape index (κ2) is 7.76. The summed E-state index contributed by atoms with van der Waals surface area (Å²) >= 11 is 0. The molecule has 1 N–H and O–H groups in total. The minimum Gasteiger partial charge on any atom is -0.493 e. The van der Waals surface area contributed by atoms with Crippen molar-refractivity contribution in [1.29, 1.82) is 0 Å². The Hall–Kier alpha value is -1.59. The van der Waals surface area contributed by atoms with Crippen LogP contribution < -0.4 is 9.47 Å². The van der Waals surface area contributed by atoms with Crippen molar-refractivity contribution in [1.82, 2.24) is 0 Å². The quantitative estimate of drug-likeness (QED) is 0.727. The summed E-state index contributed by atoms with van der Waals surface area (Å²) in [5.41, 5.74) is 0.507. The predicted octanol–water partition coefficient (Wildman–Crippen LogP) is 1.67. The van der Waals surface area contributed by atoms with E-state index in [-0.39, 0.29) is 19.3 Å². The fourth-order valence-electron chi connectivity index (χ4n) is 1.41. The number of carbonyl (C=O) groups is 1. The van der Waals surface area contributed by atoms with E-state index in [1.54, 1.807) is 18.2 Å². The zero-order valence-corrected chi connectivity index (χ0v) is 11.5. The van der Waals surface area contributed by atoms with Crippen LogP contribution in [0.2, 0.25) is 0 Å². The smallest absolute Gasteiger partial charge is 0.161 e. The lowest BCUT2D eigenvalue weighted by Crippen LogP contribution is -2.25. The van der Waals surface area contributed by atoms with Crippen LogP contribution in [0.1, 0.15) is 24.2 Å². The van der Waals surface area contributed by atoms with Crippen molar-refractivity contribution in [3.05, 3.63) is 23.8 Å². The standard InChI is InChI=1S/C14H20O5/c1-10(2)18-8-12(16)9-19-13-5-4-11(7-15)6-14(13)17-3/h4-7,10,12,16H,8-9H2,1-3H3. The molecule has 0 aliphatic carbocycles. The van der Waals surface area contributed by atoms with Gasteiger partial charge in [0.1, 0.15) is 19.0 Å². The maximum Gasteiger partial charge on any atom is 0.161 e. The molecule has 0 heterocycles. The average molecular weight is 268 g/mol. The van der Waals surface area contributed by atoms with E-state index < -0.39 is 6.10 Å². The second-order valence-electron chi connectivity index (χ2n) is 4.38. The van der Waals surface area contributed by atoms with Crippen LogP contribution in [0.25, 0.3) is 0 Å². The lowest BCUT2D eigenvalue weighted by Gasteiger charge is -2.16. The molecular formula is C14H20O5. The Morgan fingerprint density at radius 1 is 1.26 bits per heavy atom. The summed E-state index contributed by atoms with van der Waals surface area (Å²) in [7, 11) is 1.50. The van der Waals surface area contributed by atoms with E-state index in [4.69, 9.17) is 14.2 Å². The Morgan fingerprint density at radius 3 is 2.58 bits per heavy atom. The number of methoxy groups -OCH3 is 1. The highest BCUT2D eigenvalue weighted by Crippen LogP contribution is 2.27. The van der Waals surface area contributed by atoms with Crippen LogP contribution in [0.5, 0.6) is 11.5 Å². The molecule has 19 heavy (non-hydrogen) atoms. The van der Waals surface area contributed by atoms with Gasteiger partial charge in [0.25, 0.3) is 0 Å². The van der Waals surface area contributed by atoms with Gasteiger partial charge >= 0.3 is 0 Å². The summed E-state index contributed by atoms with van der Waals surface area (Å²) in [6, 6.07) is 4.85. The lowest BCUT2D eigenvalue weighted by molar-refractivity contribution is -0.0125. The van der Waals surface area contributed by atoms with E-state index in [9.17, 15) is 9.90 Å². The topological polar surface area (TPSA) is 65.0 Å². The molecule has 0 aromatic heterocycles. The molecule has 5 nitrogen and oxygen atoms in total. The van der Waals surface area contributed by atoms with Crippen LogP contribution >= 0.6 is 0 Å². The molecule has 0 aliphatic rings. The van der Waals surface area contributed by atoms with Crippen LogP contribution in [0, 0.1) is 0 Å².